The molecule has 3 amide bonds. The summed E-state index contributed by atoms with van der Waals surface area (Å²) >= 11 is 0. The third-order valence-electron chi connectivity index (χ3n) is 9.13. The molecule has 4 aliphatic rings. The number of nitrogens with one attached hydrogen (secondary N) is 1. The van der Waals surface area contributed by atoms with Crippen LogP contribution >= 0.6 is 0 Å². The Bertz CT molecular complexity index is 833. The van der Waals surface area contributed by atoms with E-state index in [0.29, 0.717) is 31.6 Å². The lowest BCUT2D eigenvalue weighted by molar-refractivity contribution is -0.127. The molecule has 3 saturated carbocycles. The van der Waals surface area contributed by atoms with Crippen LogP contribution in [0, 0.1) is 29.6 Å². The smallest absolute Gasteiger partial charge is 0.320 e. The van der Waals surface area contributed by atoms with Crippen molar-refractivity contribution < 1.29 is 9.59 Å². The molecule has 2 unspecified atom stereocenters. The van der Waals surface area contributed by atoms with Gasteiger partial charge in [0.1, 0.15) is 0 Å². The lowest BCUT2D eigenvalue weighted by Crippen LogP contribution is -2.51. The van der Waals surface area contributed by atoms with E-state index in [4.69, 9.17) is 0 Å². The van der Waals surface area contributed by atoms with Crippen LogP contribution < -0.4 is 5.32 Å². The van der Waals surface area contributed by atoms with Gasteiger partial charge in [0.25, 0.3) is 0 Å². The van der Waals surface area contributed by atoms with Gasteiger partial charge in [0.15, 0.2) is 0 Å². The van der Waals surface area contributed by atoms with Crippen LogP contribution in [0.2, 0.25) is 0 Å². The Morgan fingerprint density at radius 2 is 1.64 bits per heavy atom. The van der Waals surface area contributed by atoms with Gasteiger partial charge in [-0.25, -0.2) is 4.79 Å². The topological polar surface area (TPSA) is 52.7 Å². The normalized spacial score (nSPS) is 31.5. The zero-order valence-electron chi connectivity index (χ0n) is 20.4. The van der Waals surface area contributed by atoms with Crippen molar-refractivity contribution in [1.29, 1.82) is 0 Å². The number of carbonyl (C=O) groups excluding carboxylic acids is 2. The number of urea groups is 1. The maximum Gasteiger partial charge on any atom is 0.320 e. The second kappa shape index (κ2) is 9.68. The predicted molar refractivity (Wildman–Crippen MR) is 130 cm³/mol. The molecule has 5 nitrogen and oxygen atoms in total. The first kappa shape index (κ1) is 22.7. The maximum absolute atomic E-state index is 13.3. The molecule has 0 spiro atoms. The van der Waals surface area contributed by atoms with E-state index in [-0.39, 0.29) is 23.9 Å². The molecule has 1 aromatic carbocycles. The van der Waals surface area contributed by atoms with Crippen LogP contribution in [0.4, 0.5) is 4.79 Å². The minimum atomic E-state index is 0.0489. The monoisotopic (exact) mass is 451 g/mol. The van der Waals surface area contributed by atoms with Crippen molar-refractivity contribution in [2.75, 3.05) is 13.1 Å². The van der Waals surface area contributed by atoms with Crippen LogP contribution in [-0.4, -0.2) is 46.9 Å². The Balaban J connectivity index is 1.13. The van der Waals surface area contributed by atoms with Crippen molar-refractivity contribution >= 4 is 11.9 Å². The van der Waals surface area contributed by atoms with Crippen LogP contribution in [0.3, 0.4) is 0 Å². The number of amides is 3. The van der Waals surface area contributed by atoms with Crippen molar-refractivity contribution in [2.24, 2.45) is 29.6 Å². The lowest BCUT2D eigenvalue weighted by Gasteiger charge is -2.38. The van der Waals surface area contributed by atoms with Crippen LogP contribution in [-0.2, 0) is 11.3 Å². The molecule has 0 radical (unpaired) electrons. The molecule has 5 atom stereocenters. The summed E-state index contributed by atoms with van der Waals surface area (Å²) in [4.78, 5) is 30.4. The predicted octanol–water partition coefficient (Wildman–Crippen LogP) is 5.06. The zero-order chi connectivity index (χ0) is 22.9. The van der Waals surface area contributed by atoms with Gasteiger partial charge in [-0.3, -0.25) is 4.79 Å². The van der Waals surface area contributed by atoms with Gasteiger partial charge in [0, 0.05) is 37.6 Å². The van der Waals surface area contributed by atoms with Gasteiger partial charge in [0.2, 0.25) is 5.91 Å². The summed E-state index contributed by atoms with van der Waals surface area (Å²) < 4.78 is 0. The summed E-state index contributed by atoms with van der Waals surface area (Å²) in [5.41, 5.74) is 1.15. The van der Waals surface area contributed by atoms with E-state index in [1.165, 1.54) is 38.5 Å². The van der Waals surface area contributed by atoms with E-state index < -0.39 is 0 Å². The van der Waals surface area contributed by atoms with Gasteiger partial charge in [-0.15, -0.1) is 0 Å². The van der Waals surface area contributed by atoms with E-state index >= 15 is 0 Å². The summed E-state index contributed by atoms with van der Waals surface area (Å²) in [6.07, 6.45) is 9.60. The second-order valence-corrected chi connectivity index (χ2v) is 11.5. The van der Waals surface area contributed by atoms with Gasteiger partial charge in [0.05, 0.1) is 0 Å². The van der Waals surface area contributed by atoms with Crippen molar-refractivity contribution in [1.82, 2.24) is 15.1 Å². The van der Waals surface area contributed by atoms with Crippen LogP contribution in [0.15, 0.2) is 30.3 Å². The molecular weight excluding hydrogens is 410 g/mol. The third kappa shape index (κ3) is 4.93. The fraction of sp³-hybridized carbons (Fsp3) is 0.714. The van der Waals surface area contributed by atoms with E-state index in [2.05, 4.69) is 31.3 Å². The van der Waals surface area contributed by atoms with Crippen LogP contribution in [0.5, 0.6) is 0 Å². The average Bonchev–Trinajstić information content (AvgIpc) is 3.06. The fourth-order valence-corrected chi connectivity index (χ4v) is 7.30. The highest BCUT2D eigenvalue weighted by molar-refractivity contribution is 5.80. The Labute approximate surface area is 199 Å². The molecule has 0 aromatic heterocycles. The standard InChI is InChI=1S/C28H41N3O2/c1-19(2)31(18-20-6-4-3-5-7-20)28(33)30-12-10-22(11-13-30)27(32)29-26-9-8-23-14-21-15-24(23)17-25(26)16-21/h3-7,19,21-26H,8-18H2,1-2H3,(H,29,32)/t21-,23-,24+,25?,26?/m1/s1. The second-order valence-electron chi connectivity index (χ2n) is 11.5. The zero-order valence-corrected chi connectivity index (χ0v) is 20.4. The van der Waals surface area contributed by atoms with E-state index in [1.807, 2.05) is 28.0 Å². The number of benzene rings is 1. The highest BCUT2D eigenvalue weighted by Crippen LogP contribution is 2.53. The van der Waals surface area contributed by atoms with Gasteiger partial charge < -0.3 is 15.1 Å². The van der Waals surface area contributed by atoms with Gasteiger partial charge in [-0.05, 0) is 94.4 Å². The molecular formula is C28H41N3O2. The number of nitrogens with zero attached hydrogens (tertiary/aromatic N) is 2. The summed E-state index contributed by atoms with van der Waals surface area (Å²) in [5, 5.41) is 3.49. The van der Waals surface area contributed by atoms with Gasteiger partial charge >= 0.3 is 6.03 Å². The quantitative estimate of drug-likeness (QED) is 0.680. The van der Waals surface area contributed by atoms with E-state index in [1.54, 1.807) is 0 Å². The number of piperidine rings is 1. The number of hydrogen-bond acceptors (Lipinski definition) is 2. The average molecular weight is 452 g/mol. The minimum absolute atomic E-state index is 0.0489. The minimum Gasteiger partial charge on any atom is -0.353 e. The SMILES string of the molecule is CC(C)N(Cc1ccccc1)C(=O)N1CCC(C(=O)NC2CC[C@@H]3C[C@H]4CC2C[C@@H]3C4)CC1. The molecule has 1 aliphatic heterocycles. The highest BCUT2D eigenvalue weighted by atomic mass is 16.2. The Morgan fingerprint density at radius 1 is 0.939 bits per heavy atom. The molecule has 180 valence electrons. The third-order valence-corrected chi connectivity index (χ3v) is 9.13. The first-order valence-corrected chi connectivity index (χ1v) is 13.4. The molecule has 1 heterocycles. The summed E-state index contributed by atoms with van der Waals surface area (Å²) in [6, 6.07) is 10.8. The summed E-state index contributed by atoms with van der Waals surface area (Å²) in [5.74, 6) is 3.78. The lowest BCUT2D eigenvalue weighted by atomic mass is 9.77. The molecule has 1 N–H and O–H groups in total. The van der Waals surface area contributed by atoms with Crippen molar-refractivity contribution in [2.45, 2.75) is 83.8 Å². The number of likely N-dealkylation sites (tertiary alicyclic amines) is 1. The maximum atomic E-state index is 13.3. The summed E-state index contributed by atoms with van der Waals surface area (Å²) in [6.45, 7) is 6.13. The van der Waals surface area contributed by atoms with Crippen molar-refractivity contribution in [3.63, 3.8) is 0 Å². The molecule has 33 heavy (non-hydrogen) atoms. The molecule has 5 rings (SSSR count). The number of hydrogen-bond donors (Lipinski definition) is 1. The van der Waals surface area contributed by atoms with Crippen LogP contribution in [0.1, 0.15) is 70.8 Å². The molecule has 4 fully saturated rings. The number of carbonyl (C=O) groups is 2. The first-order chi connectivity index (χ1) is 16.0. The van der Waals surface area contributed by atoms with Gasteiger partial charge in [-0.1, -0.05) is 30.3 Å². The van der Waals surface area contributed by atoms with Crippen molar-refractivity contribution in [3.05, 3.63) is 35.9 Å². The molecule has 5 heteroatoms. The van der Waals surface area contributed by atoms with Crippen molar-refractivity contribution in [3.8, 4) is 0 Å². The van der Waals surface area contributed by atoms with E-state index in [0.717, 1.165) is 36.2 Å². The number of fused-ring (bicyclic) bond motifs is 2. The van der Waals surface area contributed by atoms with Crippen LogP contribution in [0.25, 0.3) is 0 Å². The number of rotatable bonds is 5. The Morgan fingerprint density at radius 3 is 2.36 bits per heavy atom. The first-order valence-electron chi connectivity index (χ1n) is 13.4. The van der Waals surface area contributed by atoms with E-state index in [9.17, 15) is 9.59 Å². The van der Waals surface area contributed by atoms with Gasteiger partial charge in [-0.2, -0.15) is 0 Å². The Hall–Kier alpha value is -2.04. The highest BCUT2D eigenvalue weighted by Gasteiger charge is 2.46. The molecule has 3 bridgehead atoms. The molecule has 1 saturated heterocycles. The largest absolute Gasteiger partial charge is 0.353 e. The summed E-state index contributed by atoms with van der Waals surface area (Å²) in [7, 11) is 0. The Kier molecular flexibility index (Phi) is 6.67. The molecule has 1 aromatic rings. The fourth-order valence-electron chi connectivity index (χ4n) is 7.30. The molecule has 3 aliphatic carbocycles.